The summed E-state index contributed by atoms with van der Waals surface area (Å²) in [6.07, 6.45) is 3.37. The van der Waals surface area contributed by atoms with Gasteiger partial charge in [-0.2, -0.15) is 8.78 Å². The lowest BCUT2D eigenvalue weighted by atomic mass is 10.0. The first-order valence-corrected chi connectivity index (χ1v) is 8.87. The summed E-state index contributed by atoms with van der Waals surface area (Å²) < 4.78 is 31.0. The summed E-state index contributed by atoms with van der Waals surface area (Å²) in [7, 11) is 0. The maximum atomic E-state index is 12.8. The van der Waals surface area contributed by atoms with Gasteiger partial charge in [-0.1, -0.05) is 40.7 Å². The average molecular weight is 437 g/mol. The zero-order chi connectivity index (χ0) is 19.8. The van der Waals surface area contributed by atoms with Crippen LogP contribution in [0.2, 0.25) is 0 Å². The van der Waals surface area contributed by atoms with Crippen LogP contribution < -0.4 is 15.4 Å². The Morgan fingerprint density at radius 2 is 2.00 bits per heavy atom. The van der Waals surface area contributed by atoms with Crippen LogP contribution in [0.15, 0.2) is 66.2 Å². The van der Waals surface area contributed by atoms with Crippen LogP contribution in [0.3, 0.4) is 0 Å². The molecule has 0 aliphatic rings. The molecule has 2 aromatic rings. The highest BCUT2D eigenvalue weighted by atomic mass is 79.9. The molecule has 2 aromatic carbocycles. The third-order valence-electron chi connectivity index (χ3n) is 3.69. The SMILES string of the molecule is C=CCc1cccc(OC(F)F)c1CNc1cc(Br)ccc1NC(=O)C=C. The van der Waals surface area contributed by atoms with Gasteiger partial charge in [0.15, 0.2) is 0 Å². The molecule has 0 radical (unpaired) electrons. The van der Waals surface area contributed by atoms with E-state index in [-0.39, 0.29) is 18.2 Å². The highest BCUT2D eigenvalue weighted by molar-refractivity contribution is 9.10. The van der Waals surface area contributed by atoms with Gasteiger partial charge in [0, 0.05) is 16.6 Å². The van der Waals surface area contributed by atoms with Gasteiger partial charge in [-0.05, 0) is 42.3 Å². The molecule has 27 heavy (non-hydrogen) atoms. The number of ether oxygens (including phenoxy) is 1. The lowest BCUT2D eigenvalue weighted by Crippen LogP contribution is -2.12. The molecular formula is C20H19BrF2N2O2. The van der Waals surface area contributed by atoms with Crippen molar-refractivity contribution in [2.75, 3.05) is 10.6 Å². The van der Waals surface area contributed by atoms with Gasteiger partial charge in [-0.3, -0.25) is 4.79 Å². The molecule has 142 valence electrons. The molecule has 2 N–H and O–H groups in total. The molecule has 0 aromatic heterocycles. The number of nitrogens with one attached hydrogen (secondary N) is 2. The van der Waals surface area contributed by atoms with Crippen molar-refractivity contribution in [3.05, 3.63) is 77.3 Å². The molecule has 0 aliphatic carbocycles. The largest absolute Gasteiger partial charge is 0.434 e. The number of halogens is 3. The summed E-state index contributed by atoms with van der Waals surface area (Å²) in [5, 5.41) is 5.88. The third kappa shape index (κ3) is 5.92. The van der Waals surface area contributed by atoms with E-state index in [4.69, 9.17) is 0 Å². The van der Waals surface area contributed by atoms with Gasteiger partial charge in [0.2, 0.25) is 5.91 Å². The number of anilines is 2. The minimum Gasteiger partial charge on any atom is -0.434 e. The average Bonchev–Trinajstić information content (AvgIpc) is 2.62. The predicted molar refractivity (Wildman–Crippen MR) is 107 cm³/mol. The van der Waals surface area contributed by atoms with E-state index in [2.05, 4.69) is 44.5 Å². The Morgan fingerprint density at radius 3 is 2.67 bits per heavy atom. The Balaban J connectivity index is 2.32. The Bertz CT molecular complexity index is 841. The first-order chi connectivity index (χ1) is 12.9. The number of rotatable bonds is 9. The molecular weight excluding hydrogens is 418 g/mol. The Hall–Kier alpha value is -2.67. The van der Waals surface area contributed by atoms with E-state index in [1.165, 1.54) is 12.1 Å². The van der Waals surface area contributed by atoms with E-state index < -0.39 is 6.61 Å². The predicted octanol–water partition coefficient (Wildman–Crippen LogP) is 5.52. The summed E-state index contributed by atoms with van der Waals surface area (Å²) in [4.78, 5) is 11.6. The van der Waals surface area contributed by atoms with Gasteiger partial charge in [0.05, 0.1) is 11.4 Å². The van der Waals surface area contributed by atoms with Crippen molar-refractivity contribution in [3.8, 4) is 5.75 Å². The summed E-state index contributed by atoms with van der Waals surface area (Å²) in [5.41, 5.74) is 2.58. The quantitative estimate of drug-likeness (QED) is 0.402. The Labute approximate surface area is 165 Å². The van der Waals surface area contributed by atoms with E-state index >= 15 is 0 Å². The van der Waals surface area contributed by atoms with Crippen molar-refractivity contribution >= 4 is 33.2 Å². The lowest BCUT2D eigenvalue weighted by molar-refractivity contribution is -0.111. The summed E-state index contributed by atoms with van der Waals surface area (Å²) in [6, 6.07) is 10.3. The fourth-order valence-corrected chi connectivity index (χ4v) is 2.87. The maximum Gasteiger partial charge on any atom is 0.387 e. The normalized spacial score (nSPS) is 10.4. The molecule has 1 amide bonds. The molecule has 4 nitrogen and oxygen atoms in total. The molecule has 7 heteroatoms. The second-order valence-corrected chi connectivity index (χ2v) is 6.42. The number of hydrogen-bond acceptors (Lipinski definition) is 3. The van der Waals surface area contributed by atoms with Crippen LogP contribution in [0.4, 0.5) is 20.2 Å². The molecule has 0 spiro atoms. The zero-order valence-electron chi connectivity index (χ0n) is 14.5. The summed E-state index contributed by atoms with van der Waals surface area (Å²) in [6.45, 7) is 4.43. The topological polar surface area (TPSA) is 50.4 Å². The number of allylic oxidation sites excluding steroid dienone is 1. The Kier molecular flexibility index (Phi) is 7.55. The minimum atomic E-state index is -2.92. The van der Waals surface area contributed by atoms with Crippen LogP contribution in [0, 0.1) is 0 Å². The van der Waals surface area contributed by atoms with E-state index in [0.29, 0.717) is 23.4 Å². The molecule has 0 atom stereocenters. The van der Waals surface area contributed by atoms with Crippen LogP contribution in [0.25, 0.3) is 0 Å². The second kappa shape index (κ2) is 9.87. The number of amides is 1. The number of hydrogen-bond donors (Lipinski definition) is 2. The van der Waals surface area contributed by atoms with E-state index in [1.54, 1.807) is 30.3 Å². The zero-order valence-corrected chi connectivity index (χ0v) is 16.1. The minimum absolute atomic E-state index is 0.100. The molecule has 0 aliphatic heterocycles. The third-order valence-corrected chi connectivity index (χ3v) is 4.18. The second-order valence-electron chi connectivity index (χ2n) is 5.50. The highest BCUT2D eigenvalue weighted by Gasteiger charge is 2.14. The summed E-state index contributed by atoms with van der Waals surface area (Å²) in [5.74, 6) is -0.252. The van der Waals surface area contributed by atoms with Crippen molar-refractivity contribution in [1.82, 2.24) is 0 Å². The van der Waals surface area contributed by atoms with Gasteiger partial charge in [0.25, 0.3) is 0 Å². The summed E-state index contributed by atoms with van der Waals surface area (Å²) >= 11 is 3.38. The number of carbonyl (C=O) groups is 1. The van der Waals surface area contributed by atoms with Gasteiger partial charge >= 0.3 is 6.61 Å². The number of carbonyl (C=O) groups excluding carboxylic acids is 1. The fraction of sp³-hybridized carbons (Fsp3) is 0.150. The van der Waals surface area contributed by atoms with Crippen LogP contribution in [-0.2, 0) is 17.8 Å². The van der Waals surface area contributed by atoms with E-state index in [0.717, 1.165) is 10.0 Å². The molecule has 0 heterocycles. The monoisotopic (exact) mass is 436 g/mol. The van der Waals surface area contributed by atoms with Gasteiger partial charge in [-0.15, -0.1) is 6.58 Å². The first-order valence-electron chi connectivity index (χ1n) is 8.08. The van der Waals surface area contributed by atoms with E-state index in [9.17, 15) is 13.6 Å². The van der Waals surface area contributed by atoms with Crippen molar-refractivity contribution in [2.45, 2.75) is 19.6 Å². The smallest absolute Gasteiger partial charge is 0.387 e. The fourth-order valence-electron chi connectivity index (χ4n) is 2.50. The molecule has 0 saturated heterocycles. The van der Waals surface area contributed by atoms with Crippen molar-refractivity contribution in [3.63, 3.8) is 0 Å². The van der Waals surface area contributed by atoms with Crippen molar-refractivity contribution in [2.24, 2.45) is 0 Å². The van der Waals surface area contributed by atoms with Gasteiger partial charge in [-0.25, -0.2) is 0 Å². The molecule has 0 saturated carbocycles. The van der Waals surface area contributed by atoms with Crippen LogP contribution >= 0.6 is 15.9 Å². The van der Waals surface area contributed by atoms with Gasteiger partial charge < -0.3 is 15.4 Å². The highest BCUT2D eigenvalue weighted by Crippen LogP contribution is 2.30. The molecule has 0 fully saturated rings. The molecule has 0 bridgehead atoms. The number of alkyl halides is 2. The lowest BCUT2D eigenvalue weighted by Gasteiger charge is -2.17. The standard InChI is InChI=1S/C20H19BrF2N2O2/c1-3-6-13-7-5-8-18(27-20(22)23)15(13)12-24-17-11-14(21)9-10-16(17)25-19(26)4-2/h3-5,7-11,20,24H,1-2,6,12H2,(H,25,26). The number of benzene rings is 2. The Morgan fingerprint density at radius 1 is 1.22 bits per heavy atom. The van der Waals surface area contributed by atoms with Crippen LogP contribution in [0.1, 0.15) is 11.1 Å². The van der Waals surface area contributed by atoms with E-state index in [1.807, 2.05) is 6.07 Å². The maximum absolute atomic E-state index is 12.8. The molecule has 0 unspecified atom stereocenters. The van der Waals surface area contributed by atoms with Crippen LogP contribution in [-0.4, -0.2) is 12.5 Å². The van der Waals surface area contributed by atoms with Crippen LogP contribution in [0.5, 0.6) is 5.75 Å². The first kappa shape index (κ1) is 20.6. The van der Waals surface area contributed by atoms with Gasteiger partial charge in [0.1, 0.15) is 5.75 Å². The van der Waals surface area contributed by atoms with Crippen molar-refractivity contribution < 1.29 is 18.3 Å². The molecule has 2 rings (SSSR count). The van der Waals surface area contributed by atoms with Crippen molar-refractivity contribution in [1.29, 1.82) is 0 Å².